The topological polar surface area (TPSA) is 15.7 Å². The first-order valence-corrected chi connectivity index (χ1v) is 7.48. The summed E-state index contributed by atoms with van der Waals surface area (Å²) >= 11 is 6.03. The summed E-state index contributed by atoms with van der Waals surface area (Å²) < 4.78 is 5.48. The van der Waals surface area contributed by atoms with Crippen molar-refractivity contribution in [1.29, 1.82) is 0 Å². The predicted octanol–water partition coefficient (Wildman–Crippen LogP) is 2.25. The molecule has 2 fully saturated rings. The van der Waals surface area contributed by atoms with Crippen LogP contribution in [0.1, 0.15) is 12.0 Å². The van der Waals surface area contributed by atoms with E-state index in [1.54, 1.807) is 0 Å². The molecule has 3 rings (SSSR count). The molecule has 3 nitrogen and oxygen atoms in total. The van der Waals surface area contributed by atoms with Crippen molar-refractivity contribution in [3.8, 4) is 0 Å². The van der Waals surface area contributed by atoms with Gasteiger partial charge in [0.2, 0.25) is 0 Å². The average Bonchev–Trinajstić information content (AvgIpc) is 2.94. The number of benzene rings is 1. The van der Waals surface area contributed by atoms with E-state index in [9.17, 15) is 0 Å². The van der Waals surface area contributed by atoms with Crippen LogP contribution < -0.4 is 0 Å². The molecule has 0 aromatic heterocycles. The molecule has 1 aromatic carbocycles. The Kier molecular flexibility index (Phi) is 4.38. The Labute approximate surface area is 120 Å². The van der Waals surface area contributed by atoms with Gasteiger partial charge in [-0.2, -0.15) is 0 Å². The summed E-state index contributed by atoms with van der Waals surface area (Å²) in [4.78, 5) is 5.10. The lowest BCUT2D eigenvalue weighted by molar-refractivity contribution is 0.0814. The highest BCUT2D eigenvalue weighted by Crippen LogP contribution is 2.17. The Hall–Kier alpha value is -0.610. The molecule has 104 valence electrons. The Morgan fingerprint density at radius 1 is 1.21 bits per heavy atom. The van der Waals surface area contributed by atoms with Crippen molar-refractivity contribution >= 4 is 11.6 Å². The monoisotopic (exact) mass is 280 g/mol. The SMILES string of the molecule is Clc1cccc(CN2CCN([C@H]3CCOC3)CC2)c1. The summed E-state index contributed by atoms with van der Waals surface area (Å²) in [5.41, 5.74) is 1.31. The molecular weight excluding hydrogens is 260 g/mol. The van der Waals surface area contributed by atoms with Gasteiger partial charge in [0.25, 0.3) is 0 Å². The van der Waals surface area contributed by atoms with Crippen LogP contribution in [0.2, 0.25) is 5.02 Å². The van der Waals surface area contributed by atoms with Gasteiger partial charge in [0.1, 0.15) is 0 Å². The van der Waals surface area contributed by atoms with Crippen LogP contribution in [0.25, 0.3) is 0 Å². The van der Waals surface area contributed by atoms with Gasteiger partial charge < -0.3 is 4.74 Å². The summed E-state index contributed by atoms with van der Waals surface area (Å²) in [6, 6.07) is 8.85. The Morgan fingerprint density at radius 3 is 2.74 bits per heavy atom. The van der Waals surface area contributed by atoms with Crippen LogP contribution in [0.3, 0.4) is 0 Å². The Morgan fingerprint density at radius 2 is 2.05 bits per heavy atom. The van der Waals surface area contributed by atoms with Crippen molar-refractivity contribution in [1.82, 2.24) is 9.80 Å². The molecule has 1 aromatic rings. The molecule has 19 heavy (non-hydrogen) atoms. The molecule has 2 saturated heterocycles. The lowest BCUT2D eigenvalue weighted by Crippen LogP contribution is -2.50. The highest BCUT2D eigenvalue weighted by atomic mass is 35.5. The molecule has 0 bridgehead atoms. The second kappa shape index (κ2) is 6.23. The zero-order chi connectivity index (χ0) is 13.1. The quantitative estimate of drug-likeness (QED) is 0.845. The van der Waals surface area contributed by atoms with Gasteiger partial charge in [-0.3, -0.25) is 9.80 Å². The molecule has 4 heteroatoms. The van der Waals surface area contributed by atoms with Gasteiger partial charge >= 0.3 is 0 Å². The maximum absolute atomic E-state index is 6.03. The highest BCUT2D eigenvalue weighted by Gasteiger charge is 2.26. The minimum absolute atomic E-state index is 0.660. The third-order valence-electron chi connectivity index (χ3n) is 4.12. The molecule has 0 amide bonds. The van der Waals surface area contributed by atoms with Gasteiger partial charge in [0, 0.05) is 50.4 Å². The lowest BCUT2D eigenvalue weighted by Gasteiger charge is -2.37. The second-order valence-electron chi connectivity index (χ2n) is 5.46. The van der Waals surface area contributed by atoms with Crippen molar-refractivity contribution in [2.75, 3.05) is 39.4 Å². The average molecular weight is 281 g/mol. The zero-order valence-corrected chi connectivity index (χ0v) is 12.0. The number of nitrogens with zero attached hydrogens (tertiary/aromatic N) is 2. The zero-order valence-electron chi connectivity index (χ0n) is 11.2. The van der Waals surface area contributed by atoms with Gasteiger partial charge in [-0.05, 0) is 24.1 Å². The minimum Gasteiger partial charge on any atom is -0.380 e. The van der Waals surface area contributed by atoms with E-state index in [1.165, 1.54) is 12.0 Å². The highest BCUT2D eigenvalue weighted by molar-refractivity contribution is 6.30. The van der Waals surface area contributed by atoms with Crippen LogP contribution in [-0.4, -0.2) is 55.2 Å². The fourth-order valence-corrected chi connectivity index (χ4v) is 3.20. The van der Waals surface area contributed by atoms with E-state index in [0.717, 1.165) is 51.0 Å². The molecule has 1 atom stereocenters. The van der Waals surface area contributed by atoms with Crippen molar-refractivity contribution in [3.05, 3.63) is 34.9 Å². The van der Waals surface area contributed by atoms with Crippen molar-refractivity contribution in [2.24, 2.45) is 0 Å². The van der Waals surface area contributed by atoms with Gasteiger partial charge in [-0.25, -0.2) is 0 Å². The van der Waals surface area contributed by atoms with Gasteiger partial charge in [0.05, 0.1) is 6.61 Å². The first kappa shape index (κ1) is 13.4. The van der Waals surface area contributed by atoms with E-state index in [4.69, 9.17) is 16.3 Å². The van der Waals surface area contributed by atoms with Gasteiger partial charge in [-0.1, -0.05) is 23.7 Å². The molecule has 0 radical (unpaired) electrons. The number of rotatable bonds is 3. The summed E-state index contributed by atoms with van der Waals surface area (Å²) in [5, 5.41) is 0.833. The molecule has 2 aliphatic rings. The molecule has 0 spiro atoms. The number of piperazine rings is 1. The van der Waals surface area contributed by atoms with Gasteiger partial charge in [-0.15, -0.1) is 0 Å². The molecule has 0 aliphatic carbocycles. The van der Waals surface area contributed by atoms with Gasteiger partial charge in [0.15, 0.2) is 0 Å². The van der Waals surface area contributed by atoms with E-state index in [0.29, 0.717) is 6.04 Å². The first-order chi connectivity index (χ1) is 9.31. The third kappa shape index (κ3) is 3.48. The van der Waals surface area contributed by atoms with Crippen LogP contribution in [0.5, 0.6) is 0 Å². The normalized spacial score (nSPS) is 25.8. The Bertz CT molecular complexity index is 412. The number of hydrogen-bond acceptors (Lipinski definition) is 3. The van der Waals surface area contributed by atoms with Crippen LogP contribution in [0, 0.1) is 0 Å². The van der Waals surface area contributed by atoms with E-state index in [2.05, 4.69) is 21.9 Å². The minimum atomic E-state index is 0.660. The Balaban J connectivity index is 1.50. The molecule has 2 heterocycles. The van der Waals surface area contributed by atoms with Crippen LogP contribution in [0.15, 0.2) is 24.3 Å². The fourth-order valence-electron chi connectivity index (χ4n) is 2.99. The number of halogens is 1. The van der Waals surface area contributed by atoms with Crippen LogP contribution in [0.4, 0.5) is 0 Å². The van der Waals surface area contributed by atoms with Crippen molar-refractivity contribution < 1.29 is 4.74 Å². The summed E-state index contributed by atoms with van der Waals surface area (Å²) in [6.45, 7) is 7.48. The molecule has 0 unspecified atom stereocenters. The van der Waals surface area contributed by atoms with Crippen LogP contribution >= 0.6 is 11.6 Å². The predicted molar refractivity (Wildman–Crippen MR) is 77.5 cm³/mol. The molecule has 0 N–H and O–H groups in total. The molecule has 2 aliphatic heterocycles. The molecule has 0 saturated carbocycles. The maximum Gasteiger partial charge on any atom is 0.0622 e. The summed E-state index contributed by atoms with van der Waals surface area (Å²) in [6.07, 6.45) is 1.20. The number of hydrogen-bond donors (Lipinski definition) is 0. The standard InChI is InChI=1S/C15H21ClN2O/c16-14-3-1-2-13(10-14)11-17-5-7-18(8-6-17)15-4-9-19-12-15/h1-3,10,15H,4-9,11-12H2/t15-/m0/s1. The van der Waals surface area contributed by atoms with Crippen LogP contribution in [-0.2, 0) is 11.3 Å². The van der Waals surface area contributed by atoms with E-state index in [-0.39, 0.29) is 0 Å². The van der Waals surface area contributed by atoms with Crippen molar-refractivity contribution in [2.45, 2.75) is 19.0 Å². The third-order valence-corrected chi connectivity index (χ3v) is 4.36. The van der Waals surface area contributed by atoms with Crippen molar-refractivity contribution in [3.63, 3.8) is 0 Å². The lowest BCUT2D eigenvalue weighted by atomic mass is 10.1. The largest absolute Gasteiger partial charge is 0.380 e. The maximum atomic E-state index is 6.03. The first-order valence-electron chi connectivity index (χ1n) is 7.10. The smallest absolute Gasteiger partial charge is 0.0622 e. The summed E-state index contributed by atoms with van der Waals surface area (Å²) in [7, 11) is 0. The van der Waals surface area contributed by atoms with E-state index < -0.39 is 0 Å². The van der Waals surface area contributed by atoms with E-state index in [1.807, 2.05) is 12.1 Å². The van der Waals surface area contributed by atoms with E-state index >= 15 is 0 Å². The summed E-state index contributed by atoms with van der Waals surface area (Å²) in [5.74, 6) is 0. The molecular formula is C15H21ClN2O. The number of ether oxygens (including phenoxy) is 1. The fraction of sp³-hybridized carbons (Fsp3) is 0.600. The second-order valence-corrected chi connectivity index (χ2v) is 5.90.